The number of rotatable bonds is 7. The molecule has 0 aliphatic carbocycles. The zero-order valence-corrected chi connectivity index (χ0v) is 11.8. The van der Waals surface area contributed by atoms with E-state index < -0.39 is 0 Å². The summed E-state index contributed by atoms with van der Waals surface area (Å²) in [6.45, 7) is 11.2. The fourth-order valence-corrected chi connectivity index (χ4v) is 2.63. The van der Waals surface area contributed by atoms with Gasteiger partial charge < -0.3 is 15.3 Å². The van der Waals surface area contributed by atoms with Gasteiger partial charge in [0, 0.05) is 6.54 Å². The van der Waals surface area contributed by atoms with E-state index in [4.69, 9.17) is 0 Å². The molecule has 0 spiro atoms. The number of aliphatic hydroxyl groups excluding tert-OH is 1. The Hall–Kier alpha value is -0.120. The maximum absolute atomic E-state index is 9.55. The monoisotopic (exact) mass is 242 g/mol. The van der Waals surface area contributed by atoms with Crippen LogP contribution in [0.15, 0.2) is 0 Å². The first-order chi connectivity index (χ1) is 8.13. The van der Waals surface area contributed by atoms with Crippen molar-refractivity contribution in [3.8, 4) is 0 Å². The number of aliphatic hydroxyl groups is 1. The van der Waals surface area contributed by atoms with Crippen molar-refractivity contribution in [2.75, 3.05) is 32.8 Å². The third-order valence-corrected chi connectivity index (χ3v) is 4.01. The topological polar surface area (TPSA) is 35.5 Å². The second kappa shape index (κ2) is 7.34. The number of hydrogen-bond acceptors (Lipinski definition) is 3. The fourth-order valence-electron chi connectivity index (χ4n) is 2.63. The summed E-state index contributed by atoms with van der Waals surface area (Å²) in [4.78, 5) is 2.50. The van der Waals surface area contributed by atoms with Crippen LogP contribution in [0, 0.1) is 5.92 Å². The summed E-state index contributed by atoms with van der Waals surface area (Å²) in [6, 6.07) is 0. The molecule has 102 valence electrons. The van der Waals surface area contributed by atoms with Crippen LogP contribution in [0.5, 0.6) is 0 Å². The van der Waals surface area contributed by atoms with Crippen LogP contribution in [0.4, 0.5) is 0 Å². The first-order valence-corrected chi connectivity index (χ1v) is 7.21. The second-order valence-corrected chi connectivity index (χ2v) is 5.77. The quantitative estimate of drug-likeness (QED) is 0.715. The Morgan fingerprint density at radius 3 is 2.41 bits per heavy atom. The molecule has 1 aliphatic heterocycles. The SMILES string of the molecule is CCCNC(C)(CO)CN1CCC(CC)CC1. The van der Waals surface area contributed by atoms with Crippen LogP contribution in [0.25, 0.3) is 0 Å². The number of likely N-dealkylation sites (tertiary alicyclic amines) is 1. The van der Waals surface area contributed by atoms with Gasteiger partial charge in [-0.3, -0.25) is 0 Å². The average molecular weight is 242 g/mol. The molecule has 0 radical (unpaired) electrons. The van der Waals surface area contributed by atoms with Crippen LogP contribution in [0.3, 0.4) is 0 Å². The van der Waals surface area contributed by atoms with Gasteiger partial charge in [-0.2, -0.15) is 0 Å². The molecule has 0 aromatic heterocycles. The van der Waals surface area contributed by atoms with Crippen LogP contribution in [0.2, 0.25) is 0 Å². The number of hydrogen-bond donors (Lipinski definition) is 2. The van der Waals surface area contributed by atoms with Gasteiger partial charge in [-0.05, 0) is 51.7 Å². The molecular formula is C14H30N2O. The van der Waals surface area contributed by atoms with Gasteiger partial charge in [0.25, 0.3) is 0 Å². The molecule has 3 nitrogen and oxygen atoms in total. The van der Waals surface area contributed by atoms with E-state index in [1.165, 1.54) is 32.4 Å². The molecule has 1 atom stereocenters. The molecule has 1 heterocycles. The Balaban J connectivity index is 2.35. The summed E-state index contributed by atoms with van der Waals surface area (Å²) in [7, 11) is 0. The highest BCUT2D eigenvalue weighted by Crippen LogP contribution is 2.21. The Morgan fingerprint density at radius 1 is 1.29 bits per heavy atom. The third-order valence-electron chi connectivity index (χ3n) is 4.01. The number of nitrogens with one attached hydrogen (secondary N) is 1. The van der Waals surface area contributed by atoms with Gasteiger partial charge in [-0.25, -0.2) is 0 Å². The van der Waals surface area contributed by atoms with E-state index >= 15 is 0 Å². The highest BCUT2D eigenvalue weighted by Gasteiger charge is 2.27. The molecule has 1 unspecified atom stereocenters. The van der Waals surface area contributed by atoms with E-state index in [2.05, 4.69) is 31.0 Å². The van der Waals surface area contributed by atoms with Gasteiger partial charge in [0.05, 0.1) is 12.1 Å². The minimum absolute atomic E-state index is 0.130. The zero-order chi connectivity index (χ0) is 12.7. The van der Waals surface area contributed by atoms with E-state index in [0.717, 1.165) is 25.4 Å². The van der Waals surface area contributed by atoms with Gasteiger partial charge >= 0.3 is 0 Å². The molecule has 1 saturated heterocycles. The highest BCUT2D eigenvalue weighted by atomic mass is 16.3. The van der Waals surface area contributed by atoms with E-state index in [-0.39, 0.29) is 12.1 Å². The van der Waals surface area contributed by atoms with Gasteiger partial charge in [0.15, 0.2) is 0 Å². The lowest BCUT2D eigenvalue weighted by molar-refractivity contribution is 0.0958. The number of nitrogens with zero attached hydrogens (tertiary/aromatic N) is 1. The van der Waals surface area contributed by atoms with Crippen LogP contribution in [0.1, 0.15) is 46.5 Å². The van der Waals surface area contributed by atoms with Crippen molar-refractivity contribution in [2.45, 2.75) is 52.0 Å². The van der Waals surface area contributed by atoms with E-state index in [9.17, 15) is 5.11 Å². The highest BCUT2D eigenvalue weighted by molar-refractivity contribution is 4.87. The van der Waals surface area contributed by atoms with Crippen molar-refractivity contribution in [1.82, 2.24) is 10.2 Å². The van der Waals surface area contributed by atoms with Crippen LogP contribution >= 0.6 is 0 Å². The second-order valence-electron chi connectivity index (χ2n) is 5.77. The summed E-state index contributed by atoms with van der Waals surface area (Å²) in [5.41, 5.74) is -0.130. The Kier molecular flexibility index (Phi) is 6.45. The summed E-state index contributed by atoms with van der Waals surface area (Å²) >= 11 is 0. The molecule has 0 saturated carbocycles. The lowest BCUT2D eigenvalue weighted by Gasteiger charge is -2.38. The molecule has 3 heteroatoms. The summed E-state index contributed by atoms with van der Waals surface area (Å²) in [5, 5.41) is 13.0. The van der Waals surface area contributed by atoms with E-state index in [1.807, 2.05) is 0 Å². The molecule has 1 rings (SSSR count). The first kappa shape index (κ1) is 14.9. The van der Waals surface area contributed by atoms with Crippen molar-refractivity contribution >= 4 is 0 Å². The van der Waals surface area contributed by atoms with Gasteiger partial charge in [-0.1, -0.05) is 20.3 Å². The van der Waals surface area contributed by atoms with E-state index in [1.54, 1.807) is 0 Å². The van der Waals surface area contributed by atoms with Crippen molar-refractivity contribution in [3.05, 3.63) is 0 Å². The predicted octanol–water partition coefficient (Wildman–Crippen LogP) is 1.86. The third kappa shape index (κ3) is 4.94. The molecule has 0 aromatic rings. The van der Waals surface area contributed by atoms with E-state index in [0.29, 0.717) is 0 Å². The van der Waals surface area contributed by atoms with Crippen molar-refractivity contribution in [2.24, 2.45) is 5.92 Å². The minimum atomic E-state index is -0.130. The molecule has 2 N–H and O–H groups in total. The lowest BCUT2D eigenvalue weighted by Crippen LogP contribution is -2.55. The summed E-state index contributed by atoms with van der Waals surface area (Å²) in [6.07, 6.45) is 5.09. The Labute approximate surface area is 107 Å². The Bertz CT molecular complexity index is 202. The minimum Gasteiger partial charge on any atom is -0.394 e. The van der Waals surface area contributed by atoms with Gasteiger partial charge in [0.2, 0.25) is 0 Å². The smallest absolute Gasteiger partial charge is 0.0623 e. The van der Waals surface area contributed by atoms with Crippen molar-refractivity contribution < 1.29 is 5.11 Å². The van der Waals surface area contributed by atoms with Gasteiger partial charge in [0.1, 0.15) is 0 Å². The summed E-state index contributed by atoms with van der Waals surface area (Å²) in [5.74, 6) is 0.926. The molecule has 0 amide bonds. The summed E-state index contributed by atoms with van der Waals surface area (Å²) < 4.78 is 0. The van der Waals surface area contributed by atoms with Crippen molar-refractivity contribution in [1.29, 1.82) is 0 Å². The van der Waals surface area contributed by atoms with Gasteiger partial charge in [-0.15, -0.1) is 0 Å². The average Bonchev–Trinajstić information content (AvgIpc) is 2.37. The fraction of sp³-hybridized carbons (Fsp3) is 1.00. The normalized spacial score (nSPS) is 22.6. The molecular weight excluding hydrogens is 212 g/mol. The maximum Gasteiger partial charge on any atom is 0.0623 e. The largest absolute Gasteiger partial charge is 0.394 e. The van der Waals surface area contributed by atoms with Crippen LogP contribution in [-0.4, -0.2) is 48.3 Å². The zero-order valence-electron chi connectivity index (χ0n) is 11.8. The first-order valence-electron chi connectivity index (χ1n) is 7.21. The molecule has 17 heavy (non-hydrogen) atoms. The van der Waals surface area contributed by atoms with Crippen molar-refractivity contribution in [3.63, 3.8) is 0 Å². The lowest BCUT2D eigenvalue weighted by atomic mass is 9.93. The number of piperidine rings is 1. The standard InChI is InChI=1S/C14H30N2O/c1-4-8-15-14(3,12-17)11-16-9-6-13(5-2)7-10-16/h13,15,17H,4-12H2,1-3H3. The van der Waals surface area contributed by atoms with Crippen LogP contribution in [-0.2, 0) is 0 Å². The molecule has 0 aromatic carbocycles. The maximum atomic E-state index is 9.55. The molecule has 1 fully saturated rings. The predicted molar refractivity (Wildman–Crippen MR) is 73.2 cm³/mol. The van der Waals surface area contributed by atoms with Crippen LogP contribution < -0.4 is 5.32 Å². The molecule has 0 bridgehead atoms. The Morgan fingerprint density at radius 2 is 1.94 bits per heavy atom. The molecule has 1 aliphatic rings.